The number of hydrogen-bond acceptors (Lipinski definition) is 4. The second-order valence-corrected chi connectivity index (χ2v) is 11.6. The Morgan fingerprint density at radius 3 is 2.56 bits per heavy atom. The molecule has 0 radical (unpaired) electrons. The highest BCUT2D eigenvalue weighted by atomic mass is 32.2. The standard InChI is InChI=1S/C25H30FN3O4S/c1-17-5-4-12-28(15-17)34(32,33)20-10-11-22-21(13-20)25(2,3)24(31)29(22)16-23(30)27-14-18-6-8-19(26)9-7-18/h6-11,13,17H,4-5,12,14-16H2,1-3H3,(H,27,30)/t17-/m0/s1. The van der Waals surface area contributed by atoms with Crippen LogP contribution in [0.2, 0.25) is 0 Å². The summed E-state index contributed by atoms with van der Waals surface area (Å²) in [4.78, 5) is 27.3. The minimum absolute atomic E-state index is 0.170. The van der Waals surface area contributed by atoms with Crippen LogP contribution >= 0.6 is 0 Å². The molecular formula is C25H30FN3O4S. The third-order valence-electron chi connectivity index (χ3n) is 6.67. The van der Waals surface area contributed by atoms with Gasteiger partial charge in [0.15, 0.2) is 0 Å². The number of hydrogen-bond donors (Lipinski definition) is 1. The molecule has 0 bridgehead atoms. The van der Waals surface area contributed by atoms with Gasteiger partial charge in [0.05, 0.1) is 10.3 Å². The number of carbonyl (C=O) groups is 2. The lowest BCUT2D eigenvalue weighted by Gasteiger charge is -2.30. The average Bonchev–Trinajstić information content (AvgIpc) is 2.99. The van der Waals surface area contributed by atoms with Gasteiger partial charge in [-0.05, 0) is 74.1 Å². The molecule has 0 aromatic heterocycles. The van der Waals surface area contributed by atoms with Gasteiger partial charge in [-0.2, -0.15) is 4.31 Å². The van der Waals surface area contributed by atoms with E-state index in [1.807, 2.05) is 6.92 Å². The number of anilines is 1. The Labute approximate surface area is 200 Å². The minimum atomic E-state index is -3.67. The Kier molecular flexibility index (Phi) is 6.52. The number of carbonyl (C=O) groups excluding carboxylic acids is 2. The molecule has 2 amide bonds. The fourth-order valence-electron chi connectivity index (χ4n) is 4.65. The average molecular weight is 488 g/mol. The number of sulfonamides is 1. The Morgan fingerprint density at radius 2 is 1.88 bits per heavy atom. The summed E-state index contributed by atoms with van der Waals surface area (Å²) in [6.07, 6.45) is 1.84. The van der Waals surface area contributed by atoms with E-state index < -0.39 is 15.4 Å². The van der Waals surface area contributed by atoms with E-state index in [9.17, 15) is 22.4 Å². The summed E-state index contributed by atoms with van der Waals surface area (Å²) >= 11 is 0. The summed E-state index contributed by atoms with van der Waals surface area (Å²) in [5, 5.41) is 2.75. The van der Waals surface area contributed by atoms with Crippen molar-refractivity contribution < 1.29 is 22.4 Å². The minimum Gasteiger partial charge on any atom is -0.350 e. The maximum absolute atomic E-state index is 13.3. The Morgan fingerprint density at radius 1 is 1.18 bits per heavy atom. The van der Waals surface area contributed by atoms with E-state index in [-0.39, 0.29) is 35.6 Å². The van der Waals surface area contributed by atoms with Crippen LogP contribution in [0.4, 0.5) is 10.1 Å². The molecule has 0 spiro atoms. The van der Waals surface area contributed by atoms with E-state index in [2.05, 4.69) is 5.32 Å². The van der Waals surface area contributed by atoms with Crippen LogP contribution in [-0.2, 0) is 31.6 Å². The molecule has 182 valence electrons. The van der Waals surface area contributed by atoms with Gasteiger partial charge in [-0.3, -0.25) is 9.59 Å². The van der Waals surface area contributed by atoms with Gasteiger partial charge in [0.2, 0.25) is 21.8 Å². The number of nitrogens with zero attached hydrogens (tertiary/aromatic N) is 2. The summed E-state index contributed by atoms with van der Waals surface area (Å²) in [6.45, 7) is 6.53. The third-order valence-corrected chi connectivity index (χ3v) is 8.54. The van der Waals surface area contributed by atoms with E-state index in [1.54, 1.807) is 38.1 Å². The van der Waals surface area contributed by atoms with Crippen molar-refractivity contribution in [2.45, 2.75) is 50.5 Å². The van der Waals surface area contributed by atoms with Crippen LogP contribution < -0.4 is 10.2 Å². The number of fused-ring (bicyclic) bond motifs is 1. The normalized spacial score (nSPS) is 20.3. The molecule has 0 aliphatic carbocycles. The van der Waals surface area contributed by atoms with Gasteiger partial charge in [0.25, 0.3) is 0 Å². The first-order chi connectivity index (χ1) is 16.0. The van der Waals surface area contributed by atoms with Gasteiger partial charge >= 0.3 is 0 Å². The van der Waals surface area contributed by atoms with Crippen LogP contribution in [0.5, 0.6) is 0 Å². The lowest BCUT2D eigenvalue weighted by molar-refractivity contribution is -0.125. The SMILES string of the molecule is C[C@H]1CCCN(S(=O)(=O)c2ccc3c(c2)C(C)(C)C(=O)N3CC(=O)NCc2ccc(F)cc2)C1. The van der Waals surface area contributed by atoms with Crippen molar-refractivity contribution in [2.24, 2.45) is 5.92 Å². The van der Waals surface area contributed by atoms with Crippen LogP contribution in [-0.4, -0.2) is 44.2 Å². The molecule has 0 saturated carbocycles. The highest BCUT2D eigenvalue weighted by Crippen LogP contribution is 2.42. The van der Waals surface area contributed by atoms with Gasteiger partial charge in [0.1, 0.15) is 12.4 Å². The molecule has 4 rings (SSSR count). The first-order valence-electron chi connectivity index (χ1n) is 11.5. The number of nitrogens with one attached hydrogen (secondary N) is 1. The van der Waals surface area contributed by atoms with E-state index in [0.717, 1.165) is 18.4 Å². The molecule has 9 heteroatoms. The Hall–Kier alpha value is -2.78. The second-order valence-electron chi connectivity index (χ2n) is 9.71. The molecule has 34 heavy (non-hydrogen) atoms. The quantitative estimate of drug-likeness (QED) is 0.678. The maximum Gasteiger partial charge on any atom is 0.243 e. The van der Waals surface area contributed by atoms with Crippen LogP contribution in [0.1, 0.15) is 44.7 Å². The van der Waals surface area contributed by atoms with Crippen LogP contribution in [0, 0.1) is 11.7 Å². The second kappa shape index (κ2) is 9.11. The summed E-state index contributed by atoms with van der Waals surface area (Å²) < 4.78 is 41.1. The highest BCUT2D eigenvalue weighted by Gasteiger charge is 2.45. The van der Waals surface area contributed by atoms with Crippen molar-refractivity contribution in [2.75, 3.05) is 24.5 Å². The van der Waals surface area contributed by atoms with E-state index in [1.165, 1.54) is 27.4 Å². The molecule has 2 aliphatic rings. The lowest BCUT2D eigenvalue weighted by atomic mass is 9.86. The fraction of sp³-hybridized carbons (Fsp3) is 0.440. The zero-order chi connectivity index (χ0) is 24.7. The lowest BCUT2D eigenvalue weighted by Crippen LogP contribution is -2.42. The molecule has 1 atom stereocenters. The number of benzene rings is 2. The van der Waals surface area contributed by atoms with Gasteiger partial charge in [-0.25, -0.2) is 12.8 Å². The smallest absolute Gasteiger partial charge is 0.243 e. The predicted octanol–water partition coefficient (Wildman–Crippen LogP) is 3.19. The van der Waals surface area contributed by atoms with Gasteiger partial charge in [-0.1, -0.05) is 19.1 Å². The first-order valence-corrected chi connectivity index (χ1v) is 12.9. The molecule has 2 aliphatic heterocycles. The number of piperidine rings is 1. The number of amides is 2. The first kappa shape index (κ1) is 24.3. The van der Waals surface area contributed by atoms with Crippen molar-refractivity contribution in [1.82, 2.24) is 9.62 Å². The predicted molar refractivity (Wildman–Crippen MR) is 127 cm³/mol. The fourth-order valence-corrected chi connectivity index (χ4v) is 6.27. The Bertz CT molecular complexity index is 1210. The molecular weight excluding hydrogens is 457 g/mol. The summed E-state index contributed by atoms with van der Waals surface area (Å²) in [7, 11) is -3.67. The van der Waals surface area contributed by atoms with E-state index in [0.29, 0.717) is 30.3 Å². The van der Waals surface area contributed by atoms with Crippen molar-refractivity contribution in [3.63, 3.8) is 0 Å². The van der Waals surface area contributed by atoms with Gasteiger partial charge < -0.3 is 10.2 Å². The van der Waals surface area contributed by atoms with E-state index >= 15 is 0 Å². The van der Waals surface area contributed by atoms with Crippen LogP contribution in [0.25, 0.3) is 0 Å². The van der Waals surface area contributed by atoms with Crippen molar-refractivity contribution in [3.05, 3.63) is 59.4 Å². The summed E-state index contributed by atoms with van der Waals surface area (Å²) in [5.74, 6) is -0.673. The van der Waals surface area contributed by atoms with Crippen LogP contribution in [0.3, 0.4) is 0 Å². The van der Waals surface area contributed by atoms with Crippen molar-refractivity contribution in [3.8, 4) is 0 Å². The molecule has 1 saturated heterocycles. The molecule has 2 aromatic rings. The zero-order valence-corrected chi connectivity index (χ0v) is 20.5. The number of rotatable bonds is 6. The van der Waals surface area contributed by atoms with Gasteiger partial charge in [0, 0.05) is 25.3 Å². The van der Waals surface area contributed by atoms with E-state index in [4.69, 9.17) is 0 Å². The molecule has 2 aromatic carbocycles. The zero-order valence-electron chi connectivity index (χ0n) is 19.7. The molecule has 0 unspecified atom stereocenters. The van der Waals surface area contributed by atoms with Crippen molar-refractivity contribution in [1.29, 1.82) is 0 Å². The topological polar surface area (TPSA) is 86.8 Å². The maximum atomic E-state index is 13.3. The summed E-state index contributed by atoms with van der Waals surface area (Å²) in [5.41, 5.74) is 0.908. The molecule has 1 fully saturated rings. The molecule has 7 nitrogen and oxygen atoms in total. The van der Waals surface area contributed by atoms with Crippen LogP contribution in [0.15, 0.2) is 47.4 Å². The monoisotopic (exact) mass is 487 g/mol. The Balaban J connectivity index is 1.53. The largest absolute Gasteiger partial charge is 0.350 e. The van der Waals surface area contributed by atoms with Gasteiger partial charge in [-0.15, -0.1) is 0 Å². The molecule has 2 heterocycles. The summed E-state index contributed by atoms with van der Waals surface area (Å²) in [6, 6.07) is 10.5. The number of halogens is 1. The van der Waals surface area contributed by atoms with Crippen molar-refractivity contribution >= 4 is 27.5 Å². The third kappa shape index (κ3) is 4.59. The molecule has 1 N–H and O–H groups in total. The highest BCUT2D eigenvalue weighted by molar-refractivity contribution is 7.89.